The first-order valence-corrected chi connectivity index (χ1v) is 5.83. The van der Waals surface area contributed by atoms with E-state index in [9.17, 15) is 5.11 Å². The van der Waals surface area contributed by atoms with Crippen LogP contribution in [0.25, 0.3) is 0 Å². The zero-order valence-electron chi connectivity index (χ0n) is 10.1. The van der Waals surface area contributed by atoms with Gasteiger partial charge < -0.3 is 14.4 Å². The van der Waals surface area contributed by atoms with Crippen LogP contribution >= 0.6 is 11.6 Å². The number of ether oxygens (including phenoxy) is 1. The molecule has 1 aromatic carbocycles. The lowest BCUT2D eigenvalue weighted by atomic mass is 10.1. The number of aryl methyl sites for hydroxylation is 1. The third-order valence-electron chi connectivity index (χ3n) is 2.35. The quantitative estimate of drug-likeness (QED) is 0.923. The lowest BCUT2D eigenvalue weighted by molar-refractivity contribution is 0.189. The van der Waals surface area contributed by atoms with Crippen molar-refractivity contribution in [2.45, 2.75) is 26.6 Å². The maximum Gasteiger partial charge on any atom is 0.223 e. The molecule has 1 atom stereocenters. The summed E-state index contributed by atoms with van der Waals surface area (Å²) in [5.41, 5.74) is 0.628. The Bertz CT molecular complexity index is 540. The van der Waals surface area contributed by atoms with Crippen LogP contribution in [0.4, 0.5) is 0 Å². The van der Waals surface area contributed by atoms with Crippen LogP contribution in [0.5, 0.6) is 5.75 Å². The minimum atomic E-state index is -0.661. The molecule has 1 N–H and O–H groups in total. The van der Waals surface area contributed by atoms with Gasteiger partial charge in [0.05, 0.1) is 6.10 Å². The van der Waals surface area contributed by atoms with Crippen molar-refractivity contribution in [3.63, 3.8) is 0 Å². The number of aromatic nitrogens is 2. The van der Waals surface area contributed by atoms with Gasteiger partial charge in [-0.25, -0.2) is 0 Å². The Morgan fingerprint density at radius 1 is 1.50 bits per heavy atom. The van der Waals surface area contributed by atoms with Crippen LogP contribution in [0.1, 0.15) is 30.3 Å². The van der Waals surface area contributed by atoms with Gasteiger partial charge in [-0.15, -0.1) is 0 Å². The Kier molecular flexibility index (Phi) is 3.84. The Balaban J connectivity index is 2.13. The molecule has 0 aliphatic heterocycles. The molecule has 0 amide bonds. The van der Waals surface area contributed by atoms with Gasteiger partial charge in [-0.05, 0) is 25.1 Å². The maximum absolute atomic E-state index is 9.64. The number of aliphatic hydroxyl groups excluding tert-OH is 1. The van der Waals surface area contributed by atoms with E-state index in [2.05, 4.69) is 10.1 Å². The first kappa shape index (κ1) is 12.9. The molecule has 0 radical (unpaired) electrons. The smallest absolute Gasteiger partial charge is 0.223 e. The topological polar surface area (TPSA) is 68.4 Å². The summed E-state index contributed by atoms with van der Waals surface area (Å²) < 4.78 is 10.4. The van der Waals surface area contributed by atoms with Gasteiger partial charge in [0.2, 0.25) is 11.7 Å². The van der Waals surface area contributed by atoms with Crippen molar-refractivity contribution in [3.8, 4) is 5.75 Å². The monoisotopic (exact) mass is 268 g/mol. The van der Waals surface area contributed by atoms with Gasteiger partial charge in [-0.3, -0.25) is 0 Å². The van der Waals surface area contributed by atoms with E-state index in [0.717, 1.165) is 0 Å². The number of benzene rings is 1. The summed E-state index contributed by atoms with van der Waals surface area (Å²) in [5, 5.41) is 13.9. The van der Waals surface area contributed by atoms with E-state index in [1.807, 2.05) is 0 Å². The standard InChI is InChI=1S/C12H13ClN2O3/c1-7(16)10-5-9(13)3-4-11(10)17-6-12-14-8(2)18-15-12/h3-5,7,16H,6H2,1-2H3. The molecule has 0 bridgehead atoms. The predicted molar refractivity (Wildman–Crippen MR) is 65.5 cm³/mol. The summed E-state index contributed by atoms with van der Waals surface area (Å²) in [7, 11) is 0. The van der Waals surface area contributed by atoms with E-state index in [0.29, 0.717) is 28.1 Å². The average molecular weight is 269 g/mol. The molecule has 0 saturated carbocycles. The summed E-state index contributed by atoms with van der Waals surface area (Å²) in [4.78, 5) is 4.03. The summed E-state index contributed by atoms with van der Waals surface area (Å²) >= 11 is 5.88. The fraction of sp³-hybridized carbons (Fsp3) is 0.333. The fourth-order valence-electron chi connectivity index (χ4n) is 1.52. The number of aliphatic hydroxyl groups is 1. The highest BCUT2D eigenvalue weighted by Gasteiger charge is 2.11. The van der Waals surface area contributed by atoms with Gasteiger partial charge >= 0.3 is 0 Å². The normalized spacial score (nSPS) is 12.4. The molecule has 1 heterocycles. The lowest BCUT2D eigenvalue weighted by Crippen LogP contribution is -2.02. The van der Waals surface area contributed by atoms with Crippen molar-refractivity contribution in [1.82, 2.24) is 10.1 Å². The van der Waals surface area contributed by atoms with E-state index < -0.39 is 6.10 Å². The molecule has 5 nitrogen and oxygen atoms in total. The third kappa shape index (κ3) is 3.00. The van der Waals surface area contributed by atoms with Crippen LogP contribution < -0.4 is 4.74 Å². The molecule has 2 rings (SSSR count). The number of hydrogen-bond donors (Lipinski definition) is 1. The molecule has 0 saturated heterocycles. The highest BCUT2D eigenvalue weighted by Crippen LogP contribution is 2.28. The third-order valence-corrected chi connectivity index (χ3v) is 2.58. The van der Waals surface area contributed by atoms with Crippen LogP contribution in [-0.4, -0.2) is 15.2 Å². The SMILES string of the molecule is Cc1nc(COc2ccc(Cl)cc2C(C)O)no1. The van der Waals surface area contributed by atoms with Crippen LogP contribution in [0.15, 0.2) is 22.7 Å². The zero-order valence-corrected chi connectivity index (χ0v) is 10.8. The van der Waals surface area contributed by atoms with Crippen molar-refractivity contribution in [2.24, 2.45) is 0 Å². The van der Waals surface area contributed by atoms with Crippen LogP contribution in [-0.2, 0) is 6.61 Å². The summed E-state index contributed by atoms with van der Waals surface area (Å²) in [5.74, 6) is 1.50. The van der Waals surface area contributed by atoms with E-state index in [1.54, 1.807) is 32.0 Å². The number of rotatable bonds is 4. The van der Waals surface area contributed by atoms with E-state index in [1.165, 1.54) is 0 Å². The van der Waals surface area contributed by atoms with Crippen molar-refractivity contribution in [3.05, 3.63) is 40.5 Å². The van der Waals surface area contributed by atoms with Crippen LogP contribution in [0.2, 0.25) is 5.02 Å². The van der Waals surface area contributed by atoms with Crippen molar-refractivity contribution in [2.75, 3.05) is 0 Å². The number of halogens is 1. The molecule has 2 aromatic rings. The maximum atomic E-state index is 9.64. The minimum Gasteiger partial charge on any atom is -0.485 e. The summed E-state index contributed by atoms with van der Waals surface area (Å²) in [6.45, 7) is 3.54. The largest absolute Gasteiger partial charge is 0.485 e. The number of nitrogens with zero attached hydrogens (tertiary/aromatic N) is 2. The molecular weight excluding hydrogens is 256 g/mol. The molecule has 18 heavy (non-hydrogen) atoms. The van der Waals surface area contributed by atoms with Gasteiger partial charge in [-0.1, -0.05) is 16.8 Å². The molecule has 1 unspecified atom stereocenters. The second-order valence-corrected chi connectivity index (χ2v) is 4.31. The van der Waals surface area contributed by atoms with Crippen molar-refractivity contribution < 1.29 is 14.4 Å². The van der Waals surface area contributed by atoms with Gasteiger partial charge in [0, 0.05) is 17.5 Å². The first-order chi connectivity index (χ1) is 8.56. The Morgan fingerprint density at radius 2 is 2.28 bits per heavy atom. The Morgan fingerprint density at radius 3 is 2.89 bits per heavy atom. The summed E-state index contributed by atoms with van der Waals surface area (Å²) in [6, 6.07) is 5.07. The molecule has 6 heteroatoms. The van der Waals surface area contributed by atoms with Crippen molar-refractivity contribution >= 4 is 11.6 Å². The fourth-order valence-corrected chi connectivity index (χ4v) is 1.70. The number of hydrogen-bond acceptors (Lipinski definition) is 5. The van der Waals surface area contributed by atoms with Crippen LogP contribution in [0.3, 0.4) is 0 Å². The van der Waals surface area contributed by atoms with Gasteiger partial charge in [0.15, 0.2) is 6.61 Å². The highest BCUT2D eigenvalue weighted by molar-refractivity contribution is 6.30. The van der Waals surface area contributed by atoms with Crippen molar-refractivity contribution in [1.29, 1.82) is 0 Å². The Hall–Kier alpha value is -1.59. The molecule has 96 valence electrons. The lowest BCUT2D eigenvalue weighted by Gasteiger charge is -2.12. The van der Waals surface area contributed by atoms with E-state index >= 15 is 0 Å². The minimum absolute atomic E-state index is 0.179. The second kappa shape index (κ2) is 5.37. The highest BCUT2D eigenvalue weighted by atomic mass is 35.5. The second-order valence-electron chi connectivity index (χ2n) is 3.88. The predicted octanol–water partition coefficient (Wildman–Crippen LogP) is 2.66. The summed E-state index contributed by atoms with van der Waals surface area (Å²) in [6.07, 6.45) is -0.661. The van der Waals surface area contributed by atoms with E-state index in [-0.39, 0.29) is 6.61 Å². The molecule has 0 spiro atoms. The van der Waals surface area contributed by atoms with E-state index in [4.69, 9.17) is 20.9 Å². The average Bonchev–Trinajstić information content (AvgIpc) is 2.73. The molecule has 1 aromatic heterocycles. The molecule has 0 fully saturated rings. The molecule has 0 aliphatic carbocycles. The Labute approximate surface area is 109 Å². The van der Waals surface area contributed by atoms with Gasteiger partial charge in [-0.2, -0.15) is 4.98 Å². The van der Waals surface area contributed by atoms with Gasteiger partial charge in [0.1, 0.15) is 5.75 Å². The van der Waals surface area contributed by atoms with Crippen LogP contribution in [0, 0.1) is 6.92 Å². The molecule has 0 aliphatic rings. The zero-order chi connectivity index (χ0) is 13.1. The first-order valence-electron chi connectivity index (χ1n) is 5.46. The molecular formula is C12H13ClN2O3. The van der Waals surface area contributed by atoms with Gasteiger partial charge in [0.25, 0.3) is 0 Å².